The fraction of sp³-hybridized carbons (Fsp3) is 0.562. The van der Waals surface area contributed by atoms with Crippen molar-refractivity contribution < 1.29 is 9.53 Å². The molecule has 1 fully saturated rings. The van der Waals surface area contributed by atoms with Crippen molar-refractivity contribution in [3.63, 3.8) is 0 Å². The molecule has 4 heteroatoms. The van der Waals surface area contributed by atoms with Gasteiger partial charge in [0.15, 0.2) is 0 Å². The zero-order valence-corrected chi connectivity index (χ0v) is 12.3. The molecule has 2 N–H and O–H groups in total. The first kappa shape index (κ1) is 14.9. The number of carbonyl (C=O) groups is 1. The van der Waals surface area contributed by atoms with Gasteiger partial charge in [0.05, 0.1) is 7.11 Å². The standard InChI is InChI=1S/C16H24N2O2/c1-12(13-4-5-13)16(19)18(11-3-10-17)14-6-8-15(20-2)9-7-14/h6-9,12-13H,3-5,10-11,17H2,1-2H3. The lowest BCUT2D eigenvalue weighted by atomic mass is 10.0. The zero-order valence-electron chi connectivity index (χ0n) is 12.3. The van der Waals surface area contributed by atoms with Crippen molar-refractivity contribution in [3.05, 3.63) is 24.3 Å². The second-order valence-electron chi connectivity index (χ2n) is 5.46. The van der Waals surface area contributed by atoms with Gasteiger partial charge in [-0.15, -0.1) is 0 Å². The van der Waals surface area contributed by atoms with Gasteiger partial charge in [-0.1, -0.05) is 6.92 Å². The van der Waals surface area contributed by atoms with E-state index >= 15 is 0 Å². The van der Waals surface area contributed by atoms with Gasteiger partial charge in [0.2, 0.25) is 5.91 Å². The highest BCUT2D eigenvalue weighted by Crippen LogP contribution is 2.38. The van der Waals surface area contributed by atoms with Crippen molar-refractivity contribution in [2.24, 2.45) is 17.6 Å². The summed E-state index contributed by atoms with van der Waals surface area (Å²) in [6, 6.07) is 7.65. The maximum absolute atomic E-state index is 12.6. The molecule has 1 amide bonds. The molecular formula is C16H24N2O2. The normalized spacial score (nSPS) is 15.8. The number of nitrogens with two attached hydrogens (primary N) is 1. The molecule has 20 heavy (non-hydrogen) atoms. The van der Waals surface area contributed by atoms with E-state index < -0.39 is 0 Å². The molecule has 1 aliphatic carbocycles. The minimum absolute atomic E-state index is 0.106. The number of nitrogens with zero attached hydrogens (tertiary/aromatic N) is 1. The predicted octanol–water partition coefficient (Wildman–Crippen LogP) is 2.42. The van der Waals surface area contributed by atoms with Crippen LogP contribution in [0.3, 0.4) is 0 Å². The molecule has 1 unspecified atom stereocenters. The van der Waals surface area contributed by atoms with Crippen molar-refractivity contribution in [2.75, 3.05) is 25.1 Å². The molecule has 1 aromatic rings. The Bertz CT molecular complexity index is 440. The van der Waals surface area contributed by atoms with Crippen molar-refractivity contribution >= 4 is 11.6 Å². The molecule has 0 bridgehead atoms. The molecule has 4 nitrogen and oxygen atoms in total. The highest BCUT2D eigenvalue weighted by molar-refractivity contribution is 5.95. The predicted molar refractivity (Wildman–Crippen MR) is 80.9 cm³/mol. The Labute approximate surface area is 120 Å². The molecule has 1 aromatic carbocycles. The number of carbonyl (C=O) groups excluding carboxylic acids is 1. The molecule has 1 aliphatic rings. The SMILES string of the molecule is COc1ccc(N(CCCN)C(=O)C(C)C2CC2)cc1. The van der Waals surface area contributed by atoms with E-state index in [-0.39, 0.29) is 11.8 Å². The number of rotatable bonds is 7. The van der Waals surface area contributed by atoms with E-state index in [0.29, 0.717) is 19.0 Å². The summed E-state index contributed by atoms with van der Waals surface area (Å²) in [5, 5.41) is 0. The maximum atomic E-state index is 12.6. The van der Waals surface area contributed by atoms with Crippen LogP contribution in [0.1, 0.15) is 26.2 Å². The fourth-order valence-electron chi connectivity index (χ4n) is 2.42. The van der Waals surface area contributed by atoms with E-state index in [0.717, 1.165) is 17.9 Å². The quantitative estimate of drug-likeness (QED) is 0.832. The third-order valence-electron chi connectivity index (χ3n) is 3.95. The monoisotopic (exact) mass is 276 g/mol. The van der Waals surface area contributed by atoms with Gasteiger partial charge >= 0.3 is 0 Å². The summed E-state index contributed by atoms with van der Waals surface area (Å²) in [4.78, 5) is 14.5. The smallest absolute Gasteiger partial charge is 0.230 e. The van der Waals surface area contributed by atoms with E-state index in [1.807, 2.05) is 36.1 Å². The van der Waals surface area contributed by atoms with Crippen LogP contribution in [0.4, 0.5) is 5.69 Å². The Morgan fingerprint density at radius 3 is 2.55 bits per heavy atom. The average molecular weight is 276 g/mol. The topological polar surface area (TPSA) is 55.6 Å². The summed E-state index contributed by atoms with van der Waals surface area (Å²) in [5.74, 6) is 1.69. The number of hydrogen-bond donors (Lipinski definition) is 1. The first-order valence-corrected chi connectivity index (χ1v) is 7.33. The van der Waals surface area contributed by atoms with Crippen LogP contribution in [0.25, 0.3) is 0 Å². The second-order valence-corrected chi connectivity index (χ2v) is 5.46. The van der Waals surface area contributed by atoms with Crippen molar-refractivity contribution in [1.82, 2.24) is 0 Å². The molecule has 0 heterocycles. The Hall–Kier alpha value is -1.55. The van der Waals surface area contributed by atoms with Gasteiger partial charge in [-0.2, -0.15) is 0 Å². The number of methoxy groups -OCH3 is 1. The minimum atomic E-state index is 0.106. The van der Waals surface area contributed by atoms with Gasteiger partial charge < -0.3 is 15.4 Å². The Balaban J connectivity index is 2.14. The third-order valence-corrected chi connectivity index (χ3v) is 3.95. The number of hydrogen-bond acceptors (Lipinski definition) is 3. The summed E-state index contributed by atoms with van der Waals surface area (Å²) < 4.78 is 5.16. The zero-order chi connectivity index (χ0) is 14.5. The van der Waals surface area contributed by atoms with Crippen LogP contribution in [0.2, 0.25) is 0 Å². The molecule has 0 radical (unpaired) electrons. The number of amides is 1. The Morgan fingerprint density at radius 2 is 2.05 bits per heavy atom. The molecule has 0 saturated heterocycles. The van der Waals surface area contributed by atoms with Gasteiger partial charge in [-0.25, -0.2) is 0 Å². The average Bonchev–Trinajstić information content (AvgIpc) is 3.32. The molecule has 0 spiro atoms. The minimum Gasteiger partial charge on any atom is -0.497 e. The van der Waals surface area contributed by atoms with Crippen molar-refractivity contribution in [2.45, 2.75) is 26.2 Å². The van der Waals surface area contributed by atoms with Crippen LogP contribution in [-0.4, -0.2) is 26.1 Å². The number of ether oxygens (including phenoxy) is 1. The van der Waals surface area contributed by atoms with Crippen molar-refractivity contribution in [1.29, 1.82) is 0 Å². The van der Waals surface area contributed by atoms with Crippen LogP contribution in [0.15, 0.2) is 24.3 Å². The Kier molecular flexibility index (Phi) is 5.01. The van der Waals surface area contributed by atoms with Crippen LogP contribution < -0.4 is 15.4 Å². The van der Waals surface area contributed by atoms with Crippen LogP contribution in [0.5, 0.6) is 5.75 Å². The lowest BCUT2D eigenvalue weighted by molar-refractivity contribution is -0.122. The summed E-state index contributed by atoms with van der Waals surface area (Å²) >= 11 is 0. The summed E-state index contributed by atoms with van der Waals surface area (Å²) in [6.45, 7) is 3.31. The van der Waals surface area contributed by atoms with E-state index in [1.165, 1.54) is 12.8 Å². The summed E-state index contributed by atoms with van der Waals surface area (Å²) in [6.07, 6.45) is 3.18. The first-order valence-electron chi connectivity index (χ1n) is 7.33. The molecule has 0 aromatic heterocycles. The fourth-order valence-corrected chi connectivity index (χ4v) is 2.42. The molecule has 110 valence electrons. The highest BCUT2D eigenvalue weighted by Gasteiger charge is 2.35. The first-order chi connectivity index (χ1) is 9.67. The number of benzene rings is 1. The van der Waals surface area contributed by atoms with E-state index in [2.05, 4.69) is 0 Å². The van der Waals surface area contributed by atoms with Gasteiger partial charge in [-0.3, -0.25) is 4.79 Å². The van der Waals surface area contributed by atoms with Crippen LogP contribution >= 0.6 is 0 Å². The van der Waals surface area contributed by atoms with Gasteiger partial charge in [0.1, 0.15) is 5.75 Å². The molecule has 1 saturated carbocycles. The lowest BCUT2D eigenvalue weighted by Gasteiger charge is -2.26. The number of anilines is 1. The van der Waals surface area contributed by atoms with Gasteiger partial charge in [0, 0.05) is 18.2 Å². The highest BCUT2D eigenvalue weighted by atomic mass is 16.5. The molecule has 2 rings (SSSR count). The second kappa shape index (κ2) is 6.75. The summed E-state index contributed by atoms with van der Waals surface area (Å²) in [7, 11) is 1.64. The van der Waals surface area contributed by atoms with Crippen LogP contribution in [-0.2, 0) is 4.79 Å². The maximum Gasteiger partial charge on any atom is 0.230 e. The lowest BCUT2D eigenvalue weighted by Crippen LogP contribution is -2.37. The van der Waals surface area contributed by atoms with E-state index in [1.54, 1.807) is 7.11 Å². The van der Waals surface area contributed by atoms with E-state index in [9.17, 15) is 4.79 Å². The largest absolute Gasteiger partial charge is 0.497 e. The molecule has 0 aliphatic heterocycles. The third kappa shape index (κ3) is 3.51. The Morgan fingerprint density at radius 1 is 1.40 bits per heavy atom. The van der Waals surface area contributed by atoms with Gasteiger partial charge in [-0.05, 0) is 56.0 Å². The van der Waals surface area contributed by atoms with Crippen molar-refractivity contribution in [3.8, 4) is 5.75 Å². The molecular weight excluding hydrogens is 252 g/mol. The summed E-state index contributed by atoms with van der Waals surface area (Å²) in [5.41, 5.74) is 6.52. The van der Waals surface area contributed by atoms with Crippen LogP contribution in [0, 0.1) is 11.8 Å². The van der Waals surface area contributed by atoms with E-state index in [4.69, 9.17) is 10.5 Å². The van der Waals surface area contributed by atoms with Gasteiger partial charge in [0.25, 0.3) is 0 Å². The molecule has 1 atom stereocenters.